The van der Waals surface area contributed by atoms with E-state index in [1.54, 1.807) is 18.2 Å². The molecular formula is C19H18N4O3. The Hall–Kier alpha value is -3.22. The van der Waals surface area contributed by atoms with Gasteiger partial charge >= 0.3 is 11.2 Å². The van der Waals surface area contributed by atoms with Gasteiger partial charge in [-0.05, 0) is 42.4 Å². The average molecular weight is 350 g/mol. The van der Waals surface area contributed by atoms with Crippen LogP contribution in [0, 0.1) is 15.5 Å². The van der Waals surface area contributed by atoms with Crippen molar-refractivity contribution in [3.8, 4) is 0 Å². The first-order chi connectivity index (χ1) is 12.6. The molecule has 0 atom stereocenters. The van der Waals surface area contributed by atoms with Crippen LogP contribution in [0.3, 0.4) is 0 Å². The molecule has 0 saturated heterocycles. The van der Waals surface area contributed by atoms with Crippen molar-refractivity contribution < 1.29 is 4.92 Å². The molecule has 7 nitrogen and oxygen atoms in total. The van der Waals surface area contributed by atoms with Gasteiger partial charge in [0.15, 0.2) is 0 Å². The van der Waals surface area contributed by atoms with Gasteiger partial charge in [-0.1, -0.05) is 36.4 Å². The molecule has 1 aliphatic carbocycles. The van der Waals surface area contributed by atoms with Crippen molar-refractivity contribution in [2.24, 2.45) is 5.41 Å². The number of nitrogens with zero attached hydrogens (tertiary/aromatic N) is 3. The van der Waals surface area contributed by atoms with Crippen LogP contribution in [-0.2, 0) is 6.42 Å². The minimum atomic E-state index is -0.670. The van der Waals surface area contributed by atoms with Crippen molar-refractivity contribution >= 4 is 17.2 Å². The summed E-state index contributed by atoms with van der Waals surface area (Å²) in [5.74, 6) is 0.0468. The standard InChI is InChI=1S/C19H18N4O3/c24-18-16(23(25)26)17(21-15-8-4-5-11-22(15)18)20-13-19(9-10-19)12-14-6-2-1-3-7-14/h1-8,11,20H,9-10,12-13H2. The Balaban J connectivity index is 1.62. The largest absolute Gasteiger partial charge is 0.376 e. The fourth-order valence-corrected chi connectivity index (χ4v) is 3.26. The predicted octanol–water partition coefficient (Wildman–Crippen LogP) is 3.04. The molecule has 4 rings (SSSR count). The summed E-state index contributed by atoms with van der Waals surface area (Å²) < 4.78 is 1.19. The van der Waals surface area contributed by atoms with Crippen LogP contribution in [0.2, 0.25) is 0 Å². The molecule has 2 heterocycles. The van der Waals surface area contributed by atoms with Gasteiger partial charge in [0.05, 0.1) is 4.92 Å². The maximum Gasteiger partial charge on any atom is 0.376 e. The van der Waals surface area contributed by atoms with Gasteiger partial charge in [-0.15, -0.1) is 0 Å². The molecule has 26 heavy (non-hydrogen) atoms. The zero-order chi connectivity index (χ0) is 18.1. The van der Waals surface area contributed by atoms with E-state index in [0.29, 0.717) is 12.2 Å². The molecule has 7 heteroatoms. The van der Waals surface area contributed by atoms with Gasteiger partial charge < -0.3 is 5.32 Å². The van der Waals surface area contributed by atoms with Gasteiger partial charge in [0, 0.05) is 12.7 Å². The summed E-state index contributed by atoms with van der Waals surface area (Å²) in [6.45, 7) is 0.554. The first-order valence-electron chi connectivity index (χ1n) is 8.52. The Kier molecular flexibility index (Phi) is 3.91. The van der Waals surface area contributed by atoms with Crippen LogP contribution in [0.1, 0.15) is 18.4 Å². The Morgan fingerprint density at radius 2 is 1.88 bits per heavy atom. The van der Waals surface area contributed by atoms with E-state index < -0.39 is 16.2 Å². The maximum atomic E-state index is 12.5. The number of nitrogens with one attached hydrogen (secondary N) is 1. The summed E-state index contributed by atoms with van der Waals surface area (Å²) in [7, 11) is 0. The Bertz CT molecular complexity index is 1030. The fraction of sp³-hybridized carbons (Fsp3) is 0.263. The van der Waals surface area contributed by atoms with Gasteiger partial charge in [-0.3, -0.25) is 19.3 Å². The van der Waals surface area contributed by atoms with Crippen LogP contribution in [0.25, 0.3) is 5.65 Å². The number of anilines is 1. The molecule has 0 bridgehead atoms. The zero-order valence-corrected chi connectivity index (χ0v) is 14.1. The molecule has 0 amide bonds. The number of pyridine rings is 1. The van der Waals surface area contributed by atoms with Crippen molar-refractivity contribution in [3.63, 3.8) is 0 Å². The van der Waals surface area contributed by atoms with Crippen molar-refractivity contribution in [2.45, 2.75) is 19.3 Å². The van der Waals surface area contributed by atoms with Crippen molar-refractivity contribution in [1.29, 1.82) is 0 Å². The van der Waals surface area contributed by atoms with Crippen LogP contribution in [0.4, 0.5) is 11.5 Å². The van der Waals surface area contributed by atoms with E-state index in [-0.39, 0.29) is 11.2 Å². The first-order valence-corrected chi connectivity index (χ1v) is 8.52. The molecule has 3 aromatic rings. The predicted molar refractivity (Wildman–Crippen MR) is 98.4 cm³/mol. The van der Waals surface area contributed by atoms with E-state index >= 15 is 0 Å². The van der Waals surface area contributed by atoms with E-state index in [0.717, 1.165) is 19.3 Å². The third-order valence-corrected chi connectivity index (χ3v) is 4.90. The van der Waals surface area contributed by atoms with Crippen LogP contribution in [0.5, 0.6) is 0 Å². The fourth-order valence-electron chi connectivity index (χ4n) is 3.26. The quantitative estimate of drug-likeness (QED) is 0.545. The molecule has 1 saturated carbocycles. The van der Waals surface area contributed by atoms with Crippen LogP contribution >= 0.6 is 0 Å². The number of hydrogen-bond donors (Lipinski definition) is 1. The van der Waals surface area contributed by atoms with E-state index in [9.17, 15) is 14.9 Å². The molecule has 2 aromatic heterocycles. The number of benzene rings is 1. The topological polar surface area (TPSA) is 89.5 Å². The highest BCUT2D eigenvalue weighted by molar-refractivity contribution is 5.60. The van der Waals surface area contributed by atoms with Gasteiger partial charge in [0.2, 0.25) is 5.82 Å². The van der Waals surface area contributed by atoms with Crippen molar-refractivity contribution in [1.82, 2.24) is 9.38 Å². The van der Waals surface area contributed by atoms with E-state index in [1.165, 1.54) is 16.2 Å². The van der Waals surface area contributed by atoms with Crippen LogP contribution in [-0.4, -0.2) is 20.9 Å². The molecule has 132 valence electrons. The van der Waals surface area contributed by atoms with Crippen molar-refractivity contribution in [2.75, 3.05) is 11.9 Å². The smallest absolute Gasteiger partial charge is 0.364 e. The third-order valence-electron chi connectivity index (χ3n) is 4.90. The lowest BCUT2D eigenvalue weighted by molar-refractivity contribution is -0.385. The highest BCUT2D eigenvalue weighted by Crippen LogP contribution is 2.48. The highest BCUT2D eigenvalue weighted by atomic mass is 16.6. The third kappa shape index (κ3) is 3.03. The summed E-state index contributed by atoms with van der Waals surface area (Å²) in [4.78, 5) is 27.5. The minimum absolute atomic E-state index is 0.0468. The molecule has 0 radical (unpaired) electrons. The van der Waals surface area contributed by atoms with Gasteiger partial charge in [0.1, 0.15) is 5.65 Å². The van der Waals surface area contributed by atoms with Crippen molar-refractivity contribution in [3.05, 3.63) is 80.8 Å². The Morgan fingerprint density at radius 1 is 1.15 bits per heavy atom. The number of nitro groups is 1. The van der Waals surface area contributed by atoms with E-state index in [4.69, 9.17) is 0 Å². The summed E-state index contributed by atoms with van der Waals surface area (Å²) in [6, 6.07) is 15.2. The molecule has 0 aliphatic heterocycles. The molecule has 1 aromatic carbocycles. The summed E-state index contributed by atoms with van der Waals surface area (Å²) in [6.07, 6.45) is 4.49. The summed E-state index contributed by atoms with van der Waals surface area (Å²) >= 11 is 0. The molecule has 0 unspecified atom stereocenters. The normalized spacial score (nSPS) is 14.9. The average Bonchev–Trinajstić information content (AvgIpc) is 3.40. The molecule has 0 spiro atoms. The molecule has 1 aliphatic rings. The SMILES string of the molecule is O=c1c([N+](=O)[O-])c(NCC2(Cc3ccccc3)CC2)nc2ccccn12. The first kappa shape index (κ1) is 16.3. The number of rotatable bonds is 6. The lowest BCUT2D eigenvalue weighted by Gasteiger charge is -2.16. The summed E-state index contributed by atoms with van der Waals surface area (Å²) in [5, 5.41) is 14.5. The lowest BCUT2D eigenvalue weighted by Crippen LogP contribution is -2.24. The second-order valence-corrected chi connectivity index (χ2v) is 6.82. The highest BCUT2D eigenvalue weighted by Gasteiger charge is 2.42. The zero-order valence-electron chi connectivity index (χ0n) is 14.1. The van der Waals surface area contributed by atoms with Gasteiger partial charge in [-0.25, -0.2) is 4.98 Å². The number of fused-ring (bicyclic) bond motifs is 1. The van der Waals surface area contributed by atoms with Crippen LogP contribution in [0.15, 0.2) is 59.5 Å². The number of hydrogen-bond acceptors (Lipinski definition) is 5. The van der Waals surface area contributed by atoms with Crippen LogP contribution < -0.4 is 10.9 Å². The molecule has 1 N–H and O–H groups in total. The summed E-state index contributed by atoms with van der Waals surface area (Å²) in [5.41, 5.74) is 0.519. The van der Waals surface area contributed by atoms with Gasteiger partial charge in [-0.2, -0.15) is 0 Å². The minimum Gasteiger partial charge on any atom is -0.364 e. The second-order valence-electron chi connectivity index (χ2n) is 6.82. The number of aromatic nitrogens is 2. The van der Waals surface area contributed by atoms with E-state index in [1.807, 2.05) is 18.2 Å². The molecule has 1 fully saturated rings. The second kappa shape index (κ2) is 6.25. The Labute approximate surface area is 149 Å². The maximum absolute atomic E-state index is 12.5. The molecular weight excluding hydrogens is 332 g/mol. The lowest BCUT2D eigenvalue weighted by atomic mass is 9.96. The Morgan fingerprint density at radius 3 is 2.58 bits per heavy atom. The van der Waals surface area contributed by atoms with Gasteiger partial charge in [0.25, 0.3) is 0 Å². The monoisotopic (exact) mass is 350 g/mol. The van der Waals surface area contributed by atoms with E-state index in [2.05, 4.69) is 22.4 Å².